The summed E-state index contributed by atoms with van der Waals surface area (Å²) in [5, 5.41) is 0.743. The van der Waals surface area contributed by atoms with Gasteiger partial charge in [-0.3, -0.25) is 9.69 Å². The molecule has 0 radical (unpaired) electrons. The molecular formula is C21H27N3O3S. The number of rotatable bonds is 5. The van der Waals surface area contributed by atoms with Gasteiger partial charge in [-0.1, -0.05) is 12.1 Å². The number of benzene rings is 1. The molecule has 1 fully saturated rings. The van der Waals surface area contributed by atoms with E-state index in [-0.39, 0.29) is 11.9 Å². The third-order valence-electron chi connectivity index (χ3n) is 4.94. The van der Waals surface area contributed by atoms with Crippen LogP contribution in [0.2, 0.25) is 0 Å². The van der Waals surface area contributed by atoms with E-state index in [0.29, 0.717) is 23.1 Å². The first-order valence-electron chi connectivity index (χ1n) is 9.69. The van der Waals surface area contributed by atoms with Gasteiger partial charge < -0.3 is 9.64 Å². The first kappa shape index (κ1) is 20.5. The Kier molecular flexibility index (Phi) is 6.46. The minimum atomic E-state index is -0.350. The van der Waals surface area contributed by atoms with Crippen LogP contribution < -0.4 is 0 Å². The highest BCUT2D eigenvalue weighted by atomic mass is 32.1. The number of aromatic nitrogens is 1. The van der Waals surface area contributed by atoms with Crippen LogP contribution in [0.3, 0.4) is 0 Å². The normalized spacial score (nSPS) is 15.1. The molecule has 0 atom stereocenters. The number of aryl methyl sites for hydroxylation is 1. The number of amides is 1. The molecule has 2 aromatic rings. The number of piperazine rings is 1. The molecule has 1 aliphatic rings. The maximum atomic E-state index is 13.0. The van der Waals surface area contributed by atoms with Crippen LogP contribution in [0.15, 0.2) is 24.3 Å². The van der Waals surface area contributed by atoms with Gasteiger partial charge in [0.15, 0.2) is 0 Å². The van der Waals surface area contributed by atoms with Crippen LogP contribution >= 0.6 is 11.3 Å². The van der Waals surface area contributed by atoms with Crippen molar-refractivity contribution in [1.82, 2.24) is 14.8 Å². The van der Waals surface area contributed by atoms with Gasteiger partial charge in [0.25, 0.3) is 5.91 Å². The standard InChI is InChI=1S/C21H27N3O3S/c1-5-27-21(26)17-8-6-7-16(13-17)19-22-15(4)18(28-19)20(25)24-11-9-23(10-12-24)14(2)3/h6-8,13-14H,5,9-12H2,1-4H3. The Bertz CT molecular complexity index is 854. The molecule has 0 aliphatic carbocycles. The highest BCUT2D eigenvalue weighted by Gasteiger charge is 2.26. The number of carbonyl (C=O) groups excluding carboxylic acids is 2. The van der Waals surface area contributed by atoms with E-state index in [9.17, 15) is 9.59 Å². The van der Waals surface area contributed by atoms with Crippen LogP contribution in [0.25, 0.3) is 10.6 Å². The van der Waals surface area contributed by atoms with Crippen molar-refractivity contribution in [2.75, 3.05) is 32.8 Å². The Morgan fingerprint density at radius 1 is 1.21 bits per heavy atom. The van der Waals surface area contributed by atoms with Gasteiger partial charge in [-0.05, 0) is 39.8 Å². The number of hydrogen-bond acceptors (Lipinski definition) is 6. The molecule has 7 heteroatoms. The first-order valence-corrected chi connectivity index (χ1v) is 10.5. The third-order valence-corrected chi connectivity index (χ3v) is 6.14. The lowest BCUT2D eigenvalue weighted by atomic mass is 10.1. The van der Waals surface area contributed by atoms with Gasteiger partial charge in [-0.25, -0.2) is 9.78 Å². The first-order chi connectivity index (χ1) is 13.4. The molecule has 0 N–H and O–H groups in total. The van der Waals surface area contributed by atoms with Crippen molar-refractivity contribution in [3.05, 3.63) is 40.4 Å². The van der Waals surface area contributed by atoms with Gasteiger partial charge in [0, 0.05) is 37.8 Å². The maximum absolute atomic E-state index is 13.0. The van der Waals surface area contributed by atoms with E-state index in [4.69, 9.17) is 4.74 Å². The minimum Gasteiger partial charge on any atom is -0.462 e. The number of thiazole rings is 1. The average molecular weight is 402 g/mol. The van der Waals surface area contributed by atoms with Crippen LogP contribution in [0.4, 0.5) is 0 Å². The summed E-state index contributed by atoms with van der Waals surface area (Å²) in [5.41, 5.74) is 2.05. The van der Waals surface area contributed by atoms with Crippen LogP contribution in [-0.4, -0.2) is 65.5 Å². The topological polar surface area (TPSA) is 62.7 Å². The van der Waals surface area contributed by atoms with E-state index >= 15 is 0 Å². The molecule has 2 heterocycles. The Morgan fingerprint density at radius 2 is 1.93 bits per heavy atom. The molecule has 1 aliphatic heterocycles. The molecule has 3 rings (SSSR count). The molecule has 1 amide bonds. The number of esters is 1. The summed E-state index contributed by atoms with van der Waals surface area (Å²) >= 11 is 1.39. The maximum Gasteiger partial charge on any atom is 0.338 e. The third kappa shape index (κ3) is 4.42. The lowest BCUT2D eigenvalue weighted by Crippen LogP contribution is -2.50. The van der Waals surface area contributed by atoms with Gasteiger partial charge in [-0.15, -0.1) is 11.3 Å². The van der Waals surface area contributed by atoms with E-state index in [2.05, 4.69) is 23.7 Å². The van der Waals surface area contributed by atoms with Gasteiger partial charge >= 0.3 is 5.97 Å². The summed E-state index contributed by atoms with van der Waals surface area (Å²) < 4.78 is 5.07. The molecule has 1 saturated heterocycles. The lowest BCUT2D eigenvalue weighted by Gasteiger charge is -2.36. The summed E-state index contributed by atoms with van der Waals surface area (Å²) in [6.45, 7) is 11.6. The van der Waals surface area contributed by atoms with Crippen molar-refractivity contribution in [3.63, 3.8) is 0 Å². The van der Waals surface area contributed by atoms with Crippen LogP contribution in [0.1, 0.15) is 46.5 Å². The largest absolute Gasteiger partial charge is 0.462 e. The average Bonchev–Trinajstić information content (AvgIpc) is 3.09. The van der Waals surface area contributed by atoms with Crippen LogP contribution in [0.5, 0.6) is 0 Å². The van der Waals surface area contributed by atoms with Gasteiger partial charge in [-0.2, -0.15) is 0 Å². The predicted molar refractivity (Wildman–Crippen MR) is 111 cm³/mol. The van der Waals surface area contributed by atoms with Crippen molar-refractivity contribution in [2.45, 2.75) is 33.7 Å². The number of ether oxygens (including phenoxy) is 1. The van der Waals surface area contributed by atoms with E-state index in [1.807, 2.05) is 24.0 Å². The molecule has 0 unspecified atom stereocenters. The second-order valence-electron chi connectivity index (χ2n) is 7.16. The SMILES string of the molecule is CCOC(=O)c1cccc(-c2nc(C)c(C(=O)N3CCN(C(C)C)CC3)s2)c1. The fraction of sp³-hybridized carbons (Fsp3) is 0.476. The Hall–Kier alpha value is -2.25. The zero-order valence-electron chi connectivity index (χ0n) is 16.9. The smallest absolute Gasteiger partial charge is 0.338 e. The molecule has 0 spiro atoms. The fourth-order valence-corrected chi connectivity index (χ4v) is 4.33. The molecule has 0 saturated carbocycles. The highest BCUT2D eigenvalue weighted by Crippen LogP contribution is 2.30. The minimum absolute atomic E-state index is 0.0474. The fourth-order valence-electron chi connectivity index (χ4n) is 3.30. The number of carbonyl (C=O) groups is 2. The van der Waals surface area contributed by atoms with Crippen molar-refractivity contribution in [2.24, 2.45) is 0 Å². The lowest BCUT2D eigenvalue weighted by molar-refractivity contribution is 0.0525. The second-order valence-corrected chi connectivity index (χ2v) is 8.16. The van der Waals surface area contributed by atoms with E-state index in [1.54, 1.807) is 19.1 Å². The van der Waals surface area contributed by atoms with Crippen molar-refractivity contribution < 1.29 is 14.3 Å². The van der Waals surface area contributed by atoms with E-state index in [0.717, 1.165) is 42.4 Å². The van der Waals surface area contributed by atoms with Crippen LogP contribution in [0, 0.1) is 6.92 Å². The quantitative estimate of drug-likeness (QED) is 0.718. The summed E-state index contributed by atoms with van der Waals surface area (Å²) in [6, 6.07) is 7.70. The number of nitrogens with zero attached hydrogens (tertiary/aromatic N) is 3. The summed E-state index contributed by atoms with van der Waals surface area (Å²) in [6.07, 6.45) is 0. The zero-order valence-corrected chi connectivity index (χ0v) is 17.7. The Morgan fingerprint density at radius 3 is 2.57 bits per heavy atom. The Labute approximate surface area is 170 Å². The number of hydrogen-bond donors (Lipinski definition) is 0. The Balaban J connectivity index is 1.77. The van der Waals surface area contributed by atoms with E-state index < -0.39 is 0 Å². The molecule has 6 nitrogen and oxygen atoms in total. The van der Waals surface area contributed by atoms with Crippen LogP contribution in [-0.2, 0) is 4.74 Å². The second kappa shape index (κ2) is 8.84. The summed E-state index contributed by atoms with van der Waals surface area (Å²) in [4.78, 5) is 34.6. The molecule has 0 bridgehead atoms. The van der Waals surface area contributed by atoms with Gasteiger partial charge in [0.2, 0.25) is 0 Å². The zero-order chi connectivity index (χ0) is 20.3. The molecular weight excluding hydrogens is 374 g/mol. The van der Waals surface area contributed by atoms with Gasteiger partial charge in [0.1, 0.15) is 9.88 Å². The summed E-state index contributed by atoms with van der Waals surface area (Å²) in [7, 11) is 0. The van der Waals surface area contributed by atoms with Crippen molar-refractivity contribution in [1.29, 1.82) is 0 Å². The van der Waals surface area contributed by atoms with Crippen molar-refractivity contribution in [3.8, 4) is 10.6 Å². The van der Waals surface area contributed by atoms with Crippen molar-refractivity contribution >= 4 is 23.2 Å². The highest BCUT2D eigenvalue weighted by molar-refractivity contribution is 7.17. The monoisotopic (exact) mass is 401 g/mol. The predicted octanol–water partition coefficient (Wildman–Crippen LogP) is 3.46. The summed E-state index contributed by atoms with van der Waals surface area (Å²) in [5.74, 6) is -0.303. The molecule has 28 heavy (non-hydrogen) atoms. The molecule has 1 aromatic heterocycles. The molecule has 150 valence electrons. The molecule has 1 aromatic carbocycles. The van der Waals surface area contributed by atoms with Gasteiger partial charge in [0.05, 0.1) is 17.9 Å². The van der Waals surface area contributed by atoms with E-state index in [1.165, 1.54) is 11.3 Å².